The zero-order chi connectivity index (χ0) is 15.7. The first kappa shape index (κ1) is 17.8. The van der Waals surface area contributed by atoms with Crippen molar-refractivity contribution in [2.45, 2.75) is 26.2 Å². The number of nitrogens with two attached hydrogens (primary N) is 1. The standard InChI is InChI=1S/C15H22BrNO4/c1-3-20-13-10-11(6-7-17)9-12(16)15(13)21-8-4-5-14(18)19-2/h9-10H,3-8,17H2,1-2H3. The van der Waals surface area contributed by atoms with Gasteiger partial charge in [0.15, 0.2) is 11.5 Å². The van der Waals surface area contributed by atoms with Crippen molar-refractivity contribution in [1.82, 2.24) is 0 Å². The van der Waals surface area contributed by atoms with Crippen LogP contribution in [-0.4, -0.2) is 32.8 Å². The molecule has 0 saturated heterocycles. The summed E-state index contributed by atoms with van der Waals surface area (Å²) in [6.45, 7) is 3.48. The van der Waals surface area contributed by atoms with E-state index in [0.717, 1.165) is 16.5 Å². The van der Waals surface area contributed by atoms with Crippen molar-refractivity contribution < 1.29 is 19.0 Å². The van der Waals surface area contributed by atoms with Crippen molar-refractivity contribution in [1.29, 1.82) is 0 Å². The minimum absolute atomic E-state index is 0.235. The van der Waals surface area contributed by atoms with Crippen molar-refractivity contribution in [3.63, 3.8) is 0 Å². The number of methoxy groups -OCH3 is 1. The molecule has 0 saturated carbocycles. The second kappa shape index (κ2) is 9.63. The summed E-state index contributed by atoms with van der Waals surface area (Å²) in [6.07, 6.45) is 1.71. The quantitative estimate of drug-likeness (QED) is 0.542. The number of hydrogen-bond acceptors (Lipinski definition) is 5. The van der Waals surface area contributed by atoms with Crippen molar-refractivity contribution in [2.75, 3.05) is 26.9 Å². The molecule has 1 aromatic carbocycles. The van der Waals surface area contributed by atoms with E-state index in [1.807, 2.05) is 19.1 Å². The Bertz CT molecular complexity index is 465. The second-order valence-corrected chi connectivity index (χ2v) is 5.26. The van der Waals surface area contributed by atoms with Gasteiger partial charge in [-0.3, -0.25) is 4.79 Å². The maximum atomic E-state index is 11.1. The van der Waals surface area contributed by atoms with Crippen LogP contribution in [0.4, 0.5) is 0 Å². The number of carbonyl (C=O) groups excluding carboxylic acids is 1. The molecule has 0 aliphatic heterocycles. The third-order valence-corrected chi connectivity index (χ3v) is 3.39. The van der Waals surface area contributed by atoms with Crippen molar-refractivity contribution in [2.24, 2.45) is 5.73 Å². The minimum Gasteiger partial charge on any atom is -0.490 e. The molecule has 0 amide bonds. The molecule has 0 fully saturated rings. The summed E-state index contributed by atoms with van der Waals surface area (Å²) in [5.74, 6) is 1.11. The van der Waals surface area contributed by atoms with Crippen molar-refractivity contribution in [3.05, 3.63) is 22.2 Å². The van der Waals surface area contributed by atoms with Gasteiger partial charge < -0.3 is 19.9 Å². The van der Waals surface area contributed by atoms with Crippen LogP contribution in [0.15, 0.2) is 16.6 Å². The van der Waals surface area contributed by atoms with Crippen LogP contribution in [0.1, 0.15) is 25.3 Å². The number of ether oxygens (including phenoxy) is 3. The number of hydrogen-bond donors (Lipinski definition) is 1. The van der Waals surface area contributed by atoms with Crippen LogP contribution in [0.5, 0.6) is 11.5 Å². The molecule has 0 heterocycles. The molecule has 0 aliphatic rings. The van der Waals surface area contributed by atoms with E-state index in [1.165, 1.54) is 7.11 Å². The lowest BCUT2D eigenvalue weighted by Gasteiger charge is -2.15. The van der Waals surface area contributed by atoms with E-state index in [4.69, 9.17) is 15.2 Å². The van der Waals surface area contributed by atoms with Crippen LogP contribution in [0.2, 0.25) is 0 Å². The van der Waals surface area contributed by atoms with Gasteiger partial charge in [-0.1, -0.05) is 0 Å². The predicted molar refractivity (Wildman–Crippen MR) is 84.8 cm³/mol. The van der Waals surface area contributed by atoms with Gasteiger partial charge in [0, 0.05) is 6.42 Å². The van der Waals surface area contributed by atoms with Gasteiger partial charge in [0.25, 0.3) is 0 Å². The highest BCUT2D eigenvalue weighted by atomic mass is 79.9. The van der Waals surface area contributed by atoms with E-state index in [-0.39, 0.29) is 5.97 Å². The fourth-order valence-corrected chi connectivity index (χ4v) is 2.43. The van der Waals surface area contributed by atoms with Crippen LogP contribution >= 0.6 is 15.9 Å². The SMILES string of the molecule is CCOc1cc(CCN)cc(Br)c1OCCCC(=O)OC. The summed E-state index contributed by atoms with van der Waals surface area (Å²) in [4.78, 5) is 11.1. The Morgan fingerprint density at radius 1 is 1.33 bits per heavy atom. The lowest BCUT2D eigenvalue weighted by atomic mass is 10.1. The maximum absolute atomic E-state index is 11.1. The van der Waals surface area contributed by atoms with Gasteiger partial charge in [-0.2, -0.15) is 0 Å². The molecule has 0 spiro atoms. The monoisotopic (exact) mass is 359 g/mol. The molecule has 0 aliphatic carbocycles. The summed E-state index contributed by atoms with van der Waals surface area (Å²) in [5, 5.41) is 0. The van der Waals surface area contributed by atoms with Crippen molar-refractivity contribution >= 4 is 21.9 Å². The van der Waals surface area contributed by atoms with E-state index in [0.29, 0.717) is 44.1 Å². The molecule has 1 aromatic rings. The average Bonchev–Trinajstić information content (AvgIpc) is 2.46. The van der Waals surface area contributed by atoms with Gasteiger partial charge in [-0.15, -0.1) is 0 Å². The molecule has 2 N–H and O–H groups in total. The second-order valence-electron chi connectivity index (χ2n) is 4.40. The Kier molecular flexibility index (Phi) is 8.15. The van der Waals surface area contributed by atoms with E-state index in [2.05, 4.69) is 20.7 Å². The lowest BCUT2D eigenvalue weighted by molar-refractivity contribution is -0.140. The van der Waals surface area contributed by atoms with Gasteiger partial charge in [-0.25, -0.2) is 0 Å². The minimum atomic E-state index is -0.235. The van der Waals surface area contributed by atoms with E-state index >= 15 is 0 Å². The first-order chi connectivity index (χ1) is 10.1. The highest BCUT2D eigenvalue weighted by Gasteiger charge is 2.12. The van der Waals surface area contributed by atoms with Crippen LogP contribution in [0.25, 0.3) is 0 Å². The molecule has 1 rings (SSSR count). The smallest absolute Gasteiger partial charge is 0.305 e. The Morgan fingerprint density at radius 3 is 2.71 bits per heavy atom. The summed E-state index contributed by atoms with van der Waals surface area (Å²) in [5.41, 5.74) is 6.67. The third-order valence-electron chi connectivity index (χ3n) is 2.80. The summed E-state index contributed by atoms with van der Waals surface area (Å²) in [6, 6.07) is 3.92. The van der Waals surface area contributed by atoms with Crippen LogP contribution in [0.3, 0.4) is 0 Å². The predicted octanol–water partition coefficient (Wildman–Crippen LogP) is 2.68. The van der Waals surface area contributed by atoms with Crippen molar-refractivity contribution in [3.8, 4) is 11.5 Å². The Labute approximate surface area is 133 Å². The summed E-state index contributed by atoms with van der Waals surface area (Å²) >= 11 is 3.50. The Hall–Kier alpha value is -1.27. The topological polar surface area (TPSA) is 70.8 Å². The third kappa shape index (κ3) is 5.93. The van der Waals surface area contributed by atoms with E-state index in [1.54, 1.807) is 0 Å². The normalized spacial score (nSPS) is 10.3. The van der Waals surface area contributed by atoms with Crippen LogP contribution in [0, 0.1) is 0 Å². The zero-order valence-electron chi connectivity index (χ0n) is 12.5. The van der Waals surface area contributed by atoms with E-state index in [9.17, 15) is 4.79 Å². The molecule has 21 heavy (non-hydrogen) atoms. The Balaban J connectivity index is 2.72. The number of halogens is 1. The summed E-state index contributed by atoms with van der Waals surface area (Å²) < 4.78 is 16.8. The molecule has 0 atom stereocenters. The van der Waals surface area contributed by atoms with Gasteiger partial charge in [0.1, 0.15) is 0 Å². The molecule has 0 aromatic heterocycles. The van der Waals surface area contributed by atoms with Gasteiger partial charge in [0.2, 0.25) is 0 Å². The number of rotatable bonds is 9. The molecule has 0 unspecified atom stereocenters. The van der Waals surface area contributed by atoms with Crippen LogP contribution in [-0.2, 0) is 16.0 Å². The number of carbonyl (C=O) groups is 1. The van der Waals surface area contributed by atoms with Gasteiger partial charge in [0.05, 0.1) is 24.8 Å². The molecule has 6 heteroatoms. The molecule has 0 bridgehead atoms. The highest BCUT2D eigenvalue weighted by molar-refractivity contribution is 9.10. The molecular weight excluding hydrogens is 338 g/mol. The highest BCUT2D eigenvalue weighted by Crippen LogP contribution is 2.37. The zero-order valence-corrected chi connectivity index (χ0v) is 14.1. The first-order valence-electron chi connectivity index (χ1n) is 6.97. The summed E-state index contributed by atoms with van der Waals surface area (Å²) in [7, 11) is 1.38. The van der Waals surface area contributed by atoms with Gasteiger partial charge in [-0.05, 0) is 59.9 Å². The fraction of sp³-hybridized carbons (Fsp3) is 0.533. The molecule has 5 nitrogen and oxygen atoms in total. The number of esters is 1. The van der Waals surface area contributed by atoms with Gasteiger partial charge >= 0.3 is 5.97 Å². The first-order valence-corrected chi connectivity index (χ1v) is 7.76. The lowest BCUT2D eigenvalue weighted by Crippen LogP contribution is -2.07. The van der Waals surface area contributed by atoms with Crippen LogP contribution < -0.4 is 15.2 Å². The number of benzene rings is 1. The fourth-order valence-electron chi connectivity index (χ4n) is 1.83. The molecule has 118 valence electrons. The van der Waals surface area contributed by atoms with E-state index < -0.39 is 0 Å². The average molecular weight is 360 g/mol. The largest absolute Gasteiger partial charge is 0.490 e. The maximum Gasteiger partial charge on any atom is 0.305 e. The molecular formula is C15H22BrNO4. The molecule has 0 radical (unpaired) electrons. The Morgan fingerprint density at radius 2 is 2.10 bits per heavy atom.